The molecule has 11 heavy (non-hydrogen) atoms. The van der Waals surface area contributed by atoms with Crippen molar-refractivity contribution in [2.24, 2.45) is 10.1 Å². The van der Waals surface area contributed by atoms with Crippen LogP contribution in [0.15, 0.2) is 10.1 Å². The van der Waals surface area contributed by atoms with Crippen LogP contribution < -0.4 is 5.43 Å². The van der Waals surface area contributed by atoms with Crippen LogP contribution in [0.4, 0.5) is 13.2 Å². The van der Waals surface area contributed by atoms with Crippen LogP contribution in [-0.2, 0) is 4.79 Å². The van der Waals surface area contributed by atoms with E-state index in [1.54, 1.807) is 6.01 Å². The van der Waals surface area contributed by atoms with Gasteiger partial charge in [-0.1, -0.05) is 0 Å². The molecule has 0 heterocycles. The number of hydrogen-bond acceptors (Lipinski definition) is 3. The molecule has 0 saturated carbocycles. The molecule has 0 bridgehead atoms. The molecule has 4 nitrogen and oxygen atoms in total. The maximum Gasteiger partial charge on any atom is 0.473 e. The lowest BCUT2D eigenvalue weighted by Gasteiger charge is -2.00. The lowest BCUT2D eigenvalue weighted by Crippen LogP contribution is -2.33. The largest absolute Gasteiger partial charge is 0.473 e. The van der Waals surface area contributed by atoms with E-state index in [0.29, 0.717) is 0 Å². The van der Waals surface area contributed by atoms with Gasteiger partial charge in [-0.2, -0.15) is 13.2 Å². The predicted octanol–water partition coefficient (Wildman–Crippen LogP) is 0.384. The van der Waals surface area contributed by atoms with Gasteiger partial charge in [0.15, 0.2) is 0 Å². The van der Waals surface area contributed by atoms with Gasteiger partial charge in [-0.15, -0.1) is 5.10 Å². The van der Waals surface area contributed by atoms with Gasteiger partial charge >= 0.3 is 12.1 Å². The molecule has 0 aliphatic rings. The summed E-state index contributed by atoms with van der Waals surface area (Å²) in [5, 5.41) is 2.72. The minimum Gasteiger partial charge on any atom is -0.263 e. The van der Waals surface area contributed by atoms with Crippen LogP contribution in [0.25, 0.3) is 0 Å². The lowest BCUT2D eigenvalue weighted by molar-refractivity contribution is -0.173. The van der Waals surface area contributed by atoms with E-state index in [0.717, 1.165) is 0 Å². The Labute approximate surface area is 59.8 Å². The van der Waals surface area contributed by atoms with Crippen molar-refractivity contribution in [1.29, 1.82) is 0 Å². The van der Waals surface area contributed by atoms with E-state index >= 15 is 0 Å². The van der Waals surface area contributed by atoms with Crippen molar-refractivity contribution in [3.05, 3.63) is 0 Å². The maximum atomic E-state index is 11.3. The molecule has 0 radical (unpaired) electrons. The minimum atomic E-state index is -4.92. The van der Waals surface area contributed by atoms with Gasteiger partial charge in [0, 0.05) is 7.05 Å². The summed E-state index contributed by atoms with van der Waals surface area (Å²) in [6, 6.07) is 1.77. The molecule has 0 aliphatic heterocycles. The van der Waals surface area contributed by atoms with E-state index in [1.165, 1.54) is 12.5 Å². The predicted molar refractivity (Wildman–Crippen MR) is 30.0 cm³/mol. The third kappa shape index (κ3) is 4.10. The minimum absolute atomic E-state index is 1.18. The van der Waals surface area contributed by atoms with E-state index in [-0.39, 0.29) is 0 Å². The summed E-state index contributed by atoms with van der Waals surface area (Å²) < 4.78 is 34.0. The molecule has 7 heteroatoms. The standard InChI is InChI=1S/C4H4F3N3O/c1-8-2-9-10-3(11)4(5,6)7/h1H3,(H,10,11). The molecule has 0 aromatic heterocycles. The van der Waals surface area contributed by atoms with Gasteiger partial charge in [0.1, 0.15) is 6.01 Å². The Morgan fingerprint density at radius 2 is 2.09 bits per heavy atom. The Hall–Kier alpha value is -1.36. The number of hydrogen-bond donors (Lipinski definition) is 1. The number of amides is 1. The van der Waals surface area contributed by atoms with Crippen molar-refractivity contribution in [3.63, 3.8) is 0 Å². The highest BCUT2D eigenvalue weighted by Gasteiger charge is 2.38. The van der Waals surface area contributed by atoms with Gasteiger partial charge in [-0.05, 0) is 0 Å². The second kappa shape index (κ2) is 3.72. The molecule has 0 rings (SSSR count). The molecule has 0 unspecified atom stereocenters. The average Bonchev–Trinajstić information content (AvgIpc) is 1.86. The van der Waals surface area contributed by atoms with E-state index < -0.39 is 12.1 Å². The Morgan fingerprint density at radius 3 is 2.45 bits per heavy atom. The third-order valence-electron chi connectivity index (χ3n) is 0.565. The maximum absolute atomic E-state index is 11.3. The number of carbonyl (C=O) groups excluding carboxylic acids is 1. The van der Waals surface area contributed by atoms with E-state index in [9.17, 15) is 18.0 Å². The van der Waals surface area contributed by atoms with Crippen molar-refractivity contribution in [2.75, 3.05) is 7.05 Å². The smallest absolute Gasteiger partial charge is 0.263 e. The summed E-state index contributed by atoms with van der Waals surface area (Å²) in [6.45, 7) is 0. The molecule has 0 atom stereocenters. The summed E-state index contributed by atoms with van der Waals surface area (Å²) in [4.78, 5) is 13.0. The molecule has 0 fully saturated rings. The summed E-state index contributed by atoms with van der Waals surface area (Å²) in [6.07, 6.45) is -4.92. The van der Waals surface area contributed by atoms with Crippen LogP contribution in [-0.4, -0.2) is 25.1 Å². The Kier molecular flexibility index (Phi) is 3.26. The number of rotatable bonds is 1. The Morgan fingerprint density at radius 1 is 1.55 bits per heavy atom. The first-order valence-corrected chi connectivity index (χ1v) is 2.39. The second-order valence-electron chi connectivity index (χ2n) is 1.37. The fourth-order valence-electron chi connectivity index (χ4n) is 0.189. The fraction of sp³-hybridized carbons (Fsp3) is 0.500. The molecular formula is C4H4F3N3O. The first-order valence-electron chi connectivity index (χ1n) is 2.39. The SMILES string of the molecule is CN=C=NNC(=O)C(F)(F)F. The molecule has 1 N–H and O–H groups in total. The van der Waals surface area contributed by atoms with Gasteiger partial charge in [0.05, 0.1) is 0 Å². The van der Waals surface area contributed by atoms with Gasteiger partial charge < -0.3 is 0 Å². The van der Waals surface area contributed by atoms with Gasteiger partial charge in [-0.3, -0.25) is 4.79 Å². The van der Waals surface area contributed by atoms with Crippen molar-refractivity contribution in [3.8, 4) is 0 Å². The lowest BCUT2D eigenvalue weighted by atomic mass is 10.6. The van der Waals surface area contributed by atoms with Crippen molar-refractivity contribution in [2.45, 2.75) is 6.18 Å². The zero-order chi connectivity index (χ0) is 8.91. The van der Waals surface area contributed by atoms with Crippen molar-refractivity contribution in [1.82, 2.24) is 5.43 Å². The summed E-state index contributed by atoms with van der Waals surface area (Å²) in [7, 11) is 1.25. The van der Waals surface area contributed by atoms with Crippen molar-refractivity contribution >= 4 is 11.9 Å². The summed E-state index contributed by atoms with van der Waals surface area (Å²) in [5.74, 6) is -2.14. The highest BCUT2D eigenvalue weighted by atomic mass is 19.4. The highest BCUT2D eigenvalue weighted by molar-refractivity contribution is 5.81. The van der Waals surface area contributed by atoms with Crippen LogP contribution in [0.2, 0.25) is 0 Å². The first kappa shape index (κ1) is 9.64. The number of aliphatic imine (C=N–C) groups is 1. The molecule has 1 amide bonds. The monoisotopic (exact) mass is 167 g/mol. The third-order valence-corrected chi connectivity index (χ3v) is 0.565. The molecule has 0 aromatic carbocycles. The van der Waals surface area contributed by atoms with Crippen LogP contribution >= 0.6 is 0 Å². The number of halogens is 3. The number of nitrogens with one attached hydrogen (secondary N) is 1. The zero-order valence-corrected chi connectivity index (χ0v) is 5.44. The zero-order valence-electron chi connectivity index (χ0n) is 5.44. The van der Waals surface area contributed by atoms with Crippen molar-refractivity contribution < 1.29 is 18.0 Å². The molecule has 62 valence electrons. The number of alkyl halides is 3. The van der Waals surface area contributed by atoms with E-state index in [2.05, 4.69) is 10.1 Å². The molecule has 0 aliphatic carbocycles. The fourth-order valence-corrected chi connectivity index (χ4v) is 0.189. The van der Waals surface area contributed by atoms with E-state index in [1.807, 2.05) is 0 Å². The molecule has 0 spiro atoms. The normalized spacial score (nSPS) is 9.82. The van der Waals surface area contributed by atoms with Gasteiger partial charge in [0.25, 0.3) is 0 Å². The van der Waals surface area contributed by atoms with Crippen LogP contribution in [0, 0.1) is 0 Å². The molecule has 0 aromatic rings. The quantitative estimate of drug-likeness (QED) is 0.445. The molecular weight excluding hydrogens is 163 g/mol. The second-order valence-corrected chi connectivity index (χ2v) is 1.37. The number of hydrazone groups is 1. The Bertz CT molecular complexity index is 203. The summed E-state index contributed by atoms with van der Waals surface area (Å²) in [5.41, 5.74) is 1.18. The molecule has 0 saturated heterocycles. The topological polar surface area (TPSA) is 53.8 Å². The van der Waals surface area contributed by atoms with Crippen LogP contribution in [0.1, 0.15) is 0 Å². The van der Waals surface area contributed by atoms with Crippen LogP contribution in [0.5, 0.6) is 0 Å². The van der Waals surface area contributed by atoms with Gasteiger partial charge in [0.2, 0.25) is 0 Å². The average molecular weight is 167 g/mol. The number of carbonyl (C=O) groups is 1. The summed E-state index contributed by atoms with van der Waals surface area (Å²) >= 11 is 0. The van der Waals surface area contributed by atoms with Crippen LogP contribution in [0.3, 0.4) is 0 Å². The highest BCUT2D eigenvalue weighted by Crippen LogP contribution is 2.13. The number of nitrogens with zero attached hydrogens (tertiary/aromatic N) is 2. The van der Waals surface area contributed by atoms with E-state index in [4.69, 9.17) is 0 Å². The van der Waals surface area contributed by atoms with Gasteiger partial charge in [-0.25, -0.2) is 10.4 Å². The Balaban J connectivity index is 4.00. The first-order chi connectivity index (χ1) is 4.98.